The molecule has 1 aromatic heterocycles. The van der Waals surface area contributed by atoms with E-state index in [1.165, 1.54) is 36.9 Å². The highest BCUT2D eigenvalue weighted by Gasteiger charge is 2.34. The van der Waals surface area contributed by atoms with Crippen LogP contribution in [0.15, 0.2) is 73.1 Å². The van der Waals surface area contributed by atoms with Crippen LogP contribution in [0, 0.1) is 0 Å². The molecule has 0 radical (unpaired) electrons. The summed E-state index contributed by atoms with van der Waals surface area (Å²) in [4.78, 5) is 12.3. The predicted molar refractivity (Wildman–Crippen MR) is 142 cm³/mol. The van der Waals surface area contributed by atoms with Crippen LogP contribution in [0.25, 0.3) is 22.2 Å². The Hall–Kier alpha value is -2.93. The minimum Gasteiger partial charge on any atom is -0.379 e. The van der Waals surface area contributed by atoms with Gasteiger partial charge in [0.05, 0.1) is 31.1 Å². The van der Waals surface area contributed by atoms with Gasteiger partial charge in [-0.05, 0) is 50.6 Å². The van der Waals surface area contributed by atoms with Gasteiger partial charge in [0.2, 0.25) is 0 Å². The Morgan fingerprint density at radius 2 is 1.77 bits per heavy atom. The van der Waals surface area contributed by atoms with Gasteiger partial charge in [0.15, 0.2) is 0 Å². The van der Waals surface area contributed by atoms with Gasteiger partial charge in [-0.1, -0.05) is 42.5 Å². The van der Waals surface area contributed by atoms with Crippen molar-refractivity contribution in [1.82, 2.24) is 20.1 Å². The number of benzene rings is 2. The van der Waals surface area contributed by atoms with E-state index >= 15 is 0 Å². The topological polar surface area (TPSA) is 43.9 Å². The Balaban J connectivity index is 0.994. The zero-order chi connectivity index (χ0) is 23.5. The molecule has 0 bridgehead atoms. The Bertz CT molecular complexity index is 1150. The number of nitrogens with zero attached hydrogens (tertiary/aromatic N) is 4. The van der Waals surface area contributed by atoms with Crippen molar-refractivity contribution in [2.75, 3.05) is 51.0 Å². The first-order valence-electron chi connectivity index (χ1n) is 13.0. The highest BCUT2D eigenvalue weighted by molar-refractivity contribution is 5.85. The molecule has 0 atom stereocenters. The third-order valence-electron chi connectivity index (χ3n) is 7.60. The molecule has 1 N–H and O–H groups in total. The van der Waals surface area contributed by atoms with Crippen molar-refractivity contribution < 1.29 is 4.74 Å². The lowest BCUT2D eigenvalue weighted by molar-refractivity contribution is 0.0371. The predicted octanol–water partition coefficient (Wildman–Crippen LogP) is 4.30. The average molecular weight is 470 g/mol. The van der Waals surface area contributed by atoms with Crippen LogP contribution < -0.4 is 10.2 Å². The second-order valence-corrected chi connectivity index (χ2v) is 9.95. The standard InChI is InChI=1S/C29H35N5O/c1-2-5-23(6-3-1)28-10-8-24-7-9-26(21-29(24)31-28)33-13-14-34(22-33)27-19-25(20-27)30-11-4-12-32-15-17-35-18-16-32/h1-3,5-10,13-14,21,25,27,30H,4,11-12,15-20,22H2. The molecular weight excluding hydrogens is 434 g/mol. The van der Waals surface area contributed by atoms with E-state index in [1.54, 1.807) is 0 Å². The molecule has 182 valence electrons. The van der Waals surface area contributed by atoms with Crippen molar-refractivity contribution in [2.45, 2.75) is 31.3 Å². The van der Waals surface area contributed by atoms with E-state index in [0.717, 1.165) is 56.3 Å². The van der Waals surface area contributed by atoms with Crippen LogP contribution >= 0.6 is 0 Å². The highest BCUT2D eigenvalue weighted by Crippen LogP contribution is 2.31. The van der Waals surface area contributed by atoms with Crippen molar-refractivity contribution in [3.63, 3.8) is 0 Å². The van der Waals surface area contributed by atoms with Gasteiger partial charge in [0.1, 0.15) is 0 Å². The van der Waals surface area contributed by atoms with E-state index in [2.05, 4.69) is 87.0 Å². The molecule has 1 aliphatic carbocycles. The molecule has 1 saturated carbocycles. The number of pyridine rings is 1. The van der Waals surface area contributed by atoms with Gasteiger partial charge in [-0.2, -0.15) is 0 Å². The SMILES string of the molecule is C1=CN(C2CC(NCCCN3CCOCC3)C2)CN1c1ccc2ccc(-c3ccccc3)nc2c1. The monoisotopic (exact) mass is 469 g/mol. The molecule has 6 nitrogen and oxygen atoms in total. The fourth-order valence-corrected chi connectivity index (χ4v) is 5.35. The highest BCUT2D eigenvalue weighted by atomic mass is 16.5. The lowest BCUT2D eigenvalue weighted by atomic mass is 9.86. The summed E-state index contributed by atoms with van der Waals surface area (Å²) in [7, 11) is 0. The average Bonchev–Trinajstić information content (AvgIpc) is 3.37. The van der Waals surface area contributed by atoms with Gasteiger partial charge >= 0.3 is 0 Å². The molecule has 35 heavy (non-hydrogen) atoms. The second-order valence-electron chi connectivity index (χ2n) is 9.95. The smallest absolute Gasteiger partial charge is 0.0944 e. The molecule has 1 saturated heterocycles. The van der Waals surface area contributed by atoms with Gasteiger partial charge < -0.3 is 19.9 Å². The molecule has 2 fully saturated rings. The molecule has 0 spiro atoms. The Labute approximate surface area is 208 Å². The molecule has 3 heterocycles. The molecule has 3 aliphatic rings. The summed E-state index contributed by atoms with van der Waals surface area (Å²) in [5, 5.41) is 4.94. The summed E-state index contributed by atoms with van der Waals surface area (Å²) in [6.07, 6.45) is 8.16. The summed E-state index contributed by atoms with van der Waals surface area (Å²) in [5.74, 6) is 0. The maximum Gasteiger partial charge on any atom is 0.0944 e. The second kappa shape index (κ2) is 10.4. The van der Waals surface area contributed by atoms with Crippen molar-refractivity contribution in [3.05, 3.63) is 73.1 Å². The third-order valence-corrected chi connectivity index (χ3v) is 7.60. The minimum atomic E-state index is 0.635. The van der Waals surface area contributed by atoms with Crippen LogP contribution in [-0.4, -0.2) is 72.9 Å². The maximum atomic E-state index is 5.43. The molecule has 2 aromatic carbocycles. The van der Waals surface area contributed by atoms with Crippen LogP contribution in [-0.2, 0) is 4.74 Å². The Kier molecular flexibility index (Phi) is 6.67. The van der Waals surface area contributed by atoms with E-state index in [9.17, 15) is 0 Å². The van der Waals surface area contributed by atoms with Crippen LogP contribution in [0.4, 0.5) is 5.69 Å². The number of nitrogens with one attached hydrogen (secondary N) is 1. The van der Waals surface area contributed by atoms with E-state index in [-0.39, 0.29) is 0 Å². The molecular formula is C29H35N5O. The van der Waals surface area contributed by atoms with Crippen LogP contribution in [0.5, 0.6) is 0 Å². The Morgan fingerprint density at radius 1 is 0.943 bits per heavy atom. The summed E-state index contributed by atoms with van der Waals surface area (Å²) in [6, 6.07) is 22.6. The number of anilines is 1. The number of morpholine rings is 1. The minimum absolute atomic E-state index is 0.635. The van der Waals surface area contributed by atoms with Gasteiger partial charge in [0, 0.05) is 54.2 Å². The first-order valence-corrected chi connectivity index (χ1v) is 13.0. The van der Waals surface area contributed by atoms with Crippen LogP contribution in [0.1, 0.15) is 19.3 Å². The first-order chi connectivity index (χ1) is 17.3. The van der Waals surface area contributed by atoms with Crippen molar-refractivity contribution in [1.29, 1.82) is 0 Å². The zero-order valence-corrected chi connectivity index (χ0v) is 20.4. The van der Waals surface area contributed by atoms with E-state index in [4.69, 9.17) is 9.72 Å². The van der Waals surface area contributed by atoms with Crippen molar-refractivity contribution >= 4 is 16.6 Å². The first kappa shape index (κ1) is 22.5. The summed E-state index contributed by atoms with van der Waals surface area (Å²) in [5.41, 5.74) is 4.42. The van der Waals surface area contributed by atoms with E-state index in [1.807, 2.05) is 6.07 Å². The number of rotatable bonds is 8. The third kappa shape index (κ3) is 5.20. The molecule has 0 unspecified atom stereocenters. The molecule has 2 aliphatic heterocycles. The summed E-state index contributed by atoms with van der Waals surface area (Å²) >= 11 is 0. The summed E-state index contributed by atoms with van der Waals surface area (Å²) < 4.78 is 5.43. The number of aromatic nitrogens is 1. The van der Waals surface area contributed by atoms with Gasteiger partial charge in [-0.15, -0.1) is 0 Å². The number of hydrogen-bond donors (Lipinski definition) is 1. The lowest BCUT2D eigenvalue weighted by Gasteiger charge is -2.42. The van der Waals surface area contributed by atoms with Gasteiger partial charge in [-0.3, -0.25) is 4.90 Å². The number of fused-ring (bicyclic) bond motifs is 1. The van der Waals surface area contributed by atoms with Crippen LogP contribution in [0.2, 0.25) is 0 Å². The van der Waals surface area contributed by atoms with Gasteiger partial charge in [-0.25, -0.2) is 4.98 Å². The fraction of sp³-hybridized carbons (Fsp3) is 0.414. The molecule has 0 amide bonds. The van der Waals surface area contributed by atoms with E-state index in [0.29, 0.717) is 12.1 Å². The quantitative estimate of drug-likeness (QED) is 0.497. The van der Waals surface area contributed by atoms with Crippen molar-refractivity contribution in [3.8, 4) is 11.3 Å². The summed E-state index contributed by atoms with van der Waals surface area (Å²) in [6.45, 7) is 7.18. The molecule has 3 aromatic rings. The lowest BCUT2D eigenvalue weighted by Crippen LogP contribution is -2.51. The number of ether oxygens (including phenoxy) is 1. The van der Waals surface area contributed by atoms with E-state index < -0.39 is 0 Å². The molecule has 6 heteroatoms. The zero-order valence-electron chi connectivity index (χ0n) is 20.4. The normalized spacial score (nSPS) is 22.6. The Morgan fingerprint density at radius 3 is 2.63 bits per heavy atom. The fourth-order valence-electron chi connectivity index (χ4n) is 5.35. The number of hydrogen-bond acceptors (Lipinski definition) is 6. The van der Waals surface area contributed by atoms with Gasteiger partial charge in [0.25, 0.3) is 0 Å². The molecule has 6 rings (SSSR count). The van der Waals surface area contributed by atoms with Crippen molar-refractivity contribution in [2.24, 2.45) is 0 Å². The van der Waals surface area contributed by atoms with Crippen LogP contribution in [0.3, 0.4) is 0 Å². The largest absolute Gasteiger partial charge is 0.379 e. The maximum absolute atomic E-state index is 5.43.